The quantitative estimate of drug-likeness (QED) is 0.759. The second-order valence-electron chi connectivity index (χ2n) is 6.11. The van der Waals surface area contributed by atoms with Gasteiger partial charge in [-0.1, -0.05) is 35.0 Å². The molecule has 0 aliphatic heterocycles. The van der Waals surface area contributed by atoms with E-state index in [1.54, 1.807) is 4.68 Å². The highest BCUT2D eigenvalue weighted by Gasteiger charge is 2.19. The number of carbonyl (C=O) groups is 1. The van der Waals surface area contributed by atoms with Crippen molar-refractivity contribution in [3.63, 3.8) is 0 Å². The van der Waals surface area contributed by atoms with Crippen LogP contribution in [0.4, 0.5) is 5.69 Å². The van der Waals surface area contributed by atoms with Crippen LogP contribution in [-0.2, 0) is 0 Å². The third-order valence-corrected chi connectivity index (χ3v) is 4.13. The van der Waals surface area contributed by atoms with Gasteiger partial charge in [0.15, 0.2) is 5.69 Å². The number of rotatable bonds is 5. The van der Waals surface area contributed by atoms with E-state index in [0.717, 1.165) is 22.5 Å². The van der Waals surface area contributed by atoms with Gasteiger partial charge in [0.2, 0.25) is 0 Å². The van der Waals surface area contributed by atoms with Crippen LogP contribution in [0.25, 0.3) is 5.69 Å². The highest BCUT2D eigenvalue weighted by Crippen LogP contribution is 2.24. The van der Waals surface area contributed by atoms with Crippen molar-refractivity contribution in [1.29, 1.82) is 0 Å². The molecule has 0 aliphatic carbocycles. The number of hydrogen-bond acceptors (Lipinski definition) is 4. The molecule has 0 fully saturated rings. The minimum Gasteiger partial charge on any atom is -0.492 e. The molecule has 6 heteroatoms. The second-order valence-corrected chi connectivity index (χ2v) is 6.11. The zero-order valence-electron chi connectivity index (χ0n) is 15.4. The first-order valence-corrected chi connectivity index (χ1v) is 8.54. The van der Waals surface area contributed by atoms with Crippen LogP contribution < -0.4 is 10.1 Å². The number of para-hydroxylation sites is 2. The van der Waals surface area contributed by atoms with Gasteiger partial charge >= 0.3 is 0 Å². The van der Waals surface area contributed by atoms with Crippen LogP contribution >= 0.6 is 0 Å². The van der Waals surface area contributed by atoms with E-state index in [1.165, 1.54) is 0 Å². The van der Waals surface area contributed by atoms with Gasteiger partial charge in [0.1, 0.15) is 11.4 Å². The average molecular weight is 350 g/mol. The Balaban J connectivity index is 1.90. The lowest BCUT2D eigenvalue weighted by atomic mass is 10.1. The van der Waals surface area contributed by atoms with Crippen LogP contribution in [0.15, 0.2) is 42.5 Å². The molecule has 134 valence electrons. The van der Waals surface area contributed by atoms with E-state index in [2.05, 4.69) is 15.6 Å². The van der Waals surface area contributed by atoms with Crippen LogP contribution in [0.1, 0.15) is 34.2 Å². The minimum absolute atomic E-state index is 0.283. The molecule has 3 rings (SSSR count). The Labute approximate surface area is 152 Å². The molecule has 26 heavy (non-hydrogen) atoms. The van der Waals surface area contributed by atoms with Crippen molar-refractivity contribution in [2.24, 2.45) is 0 Å². The van der Waals surface area contributed by atoms with Crippen molar-refractivity contribution >= 4 is 11.6 Å². The van der Waals surface area contributed by atoms with Crippen molar-refractivity contribution in [1.82, 2.24) is 15.0 Å². The van der Waals surface area contributed by atoms with E-state index in [0.29, 0.717) is 18.1 Å². The minimum atomic E-state index is -0.283. The van der Waals surface area contributed by atoms with Crippen LogP contribution in [-0.4, -0.2) is 27.5 Å². The van der Waals surface area contributed by atoms with Crippen LogP contribution in [0.3, 0.4) is 0 Å². The maximum Gasteiger partial charge on any atom is 0.278 e. The fraction of sp³-hybridized carbons (Fsp3) is 0.250. The van der Waals surface area contributed by atoms with Gasteiger partial charge in [-0.25, -0.2) is 4.68 Å². The Hall–Kier alpha value is -3.15. The van der Waals surface area contributed by atoms with Crippen molar-refractivity contribution in [2.45, 2.75) is 27.7 Å². The molecule has 6 nitrogen and oxygen atoms in total. The summed E-state index contributed by atoms with van der Waals surface area (Å²) in [4.78, 5) is 12.7. The Kier molecular flexibility index (Phi) is 5.02. The van der Waals surface area contributed by atoms with Crippen LogP contribution in [0.2, 0.25) is 0 Å². The molecule has 0 spiro atoms. The average Bonchev–Trinajstić information content (AvgIpc) is 3.00. The summed E-state index contributed by atoms with van der Waals surface area (Å²) in [6.45, 7) is 8.27. The first-order chi connectivity index (χ1) is 12.5. The van der Waals surface area contributed by atoms with E-state index in [9.17, 15) is 4.79 Å². The molecule has 1 N–H and O–H groups in total. The number of nitrogens with zero attached hydrogens (tertiary/aromatic N) is 3. The number of benzene rings is 2. The van der Waals surface area contributed by atoms with Gasteiger partial charge in [-0.05, 0) is 51.5 Å². The number of anilines is 1. The fourth-order valence-corrected chi connectivity index (χ4v) is 2.81. The molecular weight excluding hydrogens is 328 g/mol. The number of amides is 1. The number of ether oxygens (including phenoxy) is 1. The standard InChI is InChI=1S/C20H22N4O2/c1-5-26-18-9-7-6-8-17(18)24-15(4)19(22-23-24)20(25)21-16-11-10-13(2)12-14(16)3/h6-12H,5H2,1-4H3,(H,21,25). The Bertz CT molecular complexity index is 947. The molecule has 0 radical (unpaired) electrons. The summed E-state index contributed by atoms with van der Waals surface area (Å²) >= 11 is 0. The van der Waals surface area contributed by atoms with Crippen molar-refractivity contribution in [3.05, 3.63) is 65.0 Å². The topological polar surface area (TPSA) is 69.0 Å². The molecule has 0 saturated carbocycles. The van der Waals surface area contributed by atoms with E-state index in [4.69, 9.17) is 4.74 Å². The molecular formula is C20H22N4O2. The molecule has 1 amide bonds. The van der Waals surface area contributed by atoms with E-state index < -0.39 is 0 Å². The van der Waals surface area contributed by atoms with Gasteiger partial charge < -0.3 is 10.1 Å². The molecule has 0 bridgehead atoms. The number of carbonyl (C=O) groups excluding carboxylic acids is 1. The predicted molar refractivity (Wildman–Crippen MR) is 101 cm³/mol. The summed E-state index contributed by atoms with van der Waals surface area (Å²) in [5.74, 6) is 0.416. The molecule has 0 atom stereocenters. The van der Waals surface area contributed by atoms with Gasteiger partial charge in [0.05, 0.1) is 12.3 Å². The van der Waals surface area contributed by atoms with Gasteiger partial charge in [0.25, 0.3) is 5.91 Å². The molecule has 2 aromatic carbocycles. The SMILES string of the molecule is CCOc1ccccc1-n1nnc(C(=O)Nc2ccc(C)cc2C)c1C. The molecule has 1 aromatic heterocycles. The highest BCUT2D eigenvalue weighted by molar-refractivity contribution is 6.04. The summed E-state index contributed by atoms with van der Waals surface area (Å²) < 4.78 is 7.28. The fourth-order valence-electron chi connectivity index (χ4n) is 2.81. The van der Waals surface area contributed by atoms with Gasteiger partial charge in [-0.15, -0.1) is 5.10 Å². The zero-order chi connectivity index (χ0) is 18.7. The van der Waals surface area contributed by atoms with Gasteiger partial charge in [-0.3, -0.25) is 4.79 Å². The Morgan fingerprint density at radius 1 is 1.15 bits per heavy atom. The van der Waals surface area contributed by atoms with Gasteiger partial charge in [0, 0.05) is 5.69 Å². The third-order valence-electron chi connectivity index (χ3n) is 4.13. The largest absolute Gasteiger partial charge is 0.492 e. The normalized spacial score (nSPS) is 10.6. The lowest BCUT2D eigenvalue weighted by Gasteiger charge is -2.11. The summed E-state index contributed by atoms with van der Waals surface area (Å²) in [6, 6.07) is 13.4. The summed E-state index contributed by atoms with van der Waals surface area (Å²) in [5.41, 5.74) is 4.62. The van der Waals surface area contributed by atoms with Crippen LogP contribution in [0.5, 0.6) is 5.75 Å². The second kappa shape index (κ2) is 7.39. The molecule has 0 unspecified atom stereocenters. The highest BCUT2D eigenvalue weighted by atomic mass is 16.5. The third kappa shape index (κ3) is 3.44. The van der Waals surface area contributed by atoms with E-state index in [1.807, 2.05) is 70.2 Å². The number of aryl methyl sites for hydroxylation is 2. The number of aromatic nitrogens is 3. The molecule has 1 heterocycles. The maximum absolute atomic E-state index is 12.7. The summed E-state index contributed by atoms with van der Waals surface area (Å²) in [6.07, 6.45) is 0. The number of hydrogen-bond donors (Lipinski definition) is 1. The summed E-state index contributed by atoms with van der Waals surface area (Å²) in [5, 5.41) is 11.1. The predicted octanol–water partition coefficient (Wildman–Crippen LogP) is 3.84. The van der Waals surface area contributed by atoms with E-state index >= 15 is 0 Å². The molecule has 3 aromatic rings. The summed E-state index contributed by atoms with van der Waals surface area (Å²) in [7, 11) is 0. The van der Waals surface area contributed by atoms with Gasteiger partial charge in [-0.2, -0.15) is 0 Å². The van der Waals surface area contributed by atoms with Crippen molar-refractivity contribution in [3.8, 4) is 11.4 Å². The first kappa shape index (κ1) is 17.7. The molecule has 0 saturated heterocycles. The Morgan fingerprint density at radius 3 is 2.65 bits per heavy atom. The maximum atomic E-state index is 12.7. The van der Waals surface area contributed by atoms with Crippen LogP contribution in [0, 0.1) is 20.8 Å². The zero-order valence-corrected chi connectivity index (χ0v) is 15.4. The molecule has 0 aliphatic rings. The lowest BCUT2D eigenvalue weighted by molar-refractivity contribution is 0.102. The van der Waals surface area contributed by atoms with E-state index in [-0.39, 0.29) is 11.6 Å². The lowest BCUT2D eigenvalue weighted by Crippen LogP contribution is -2.15. The number of nitrogens with one attached hydrogen (secondary N) is 1. The van der Waals surface area contributed by atoms with Crippen molar-refractivity contribution in [2.75, 3.05) is 11.9 Å². The monoisotopic (exact) mass is 350 g/mol. The first-order valence-electron chi connectivity index (χ1n) is 8.54. The van der Waals surface area contributed by atoms with Crippen molar-refractivity contribution < 1.29 is 9.53 Å². The smallest absolute Gasteiger partial charge is 0.278 e. The Morgan fingerprint density at radius 2 is 1.92 bits per heavy atom.